The van der Waals surface area contributed by atoms with Crippen molar-refractivity contribution >= 4 is 28.4 Å². The first kappa shape index (κ1) is 14.2. The lowest BCUT2D eigenvalue weighted by Gasteiger charge is -2.13. The molecular formula is C11H15N3O3S. The molecule has 0 radical (unpaired) electrons. The largest absolute Gasteiger partial charge is 0.398 e. The molecular weight excluding hydrogens is 254 g/mol. The molecule has 0 aliphatic rings. The van der Waals surface area contributed by atoms with Gasteiger partial charge in [-0.2, -0.15) is 0 Å². The Kier molecular flexibility index (Phi) is 4.43. The van der Waals surface area contributed by atoms with Crippen molar-refractivity contribution in [3.05, 3.63) is 23.8 Å². The fourth-order valence-electron chi connectivity index (χ4n) is 1.36. The molecule has 0 saturated carbocycles. The quantitative estimate of drug-likeness (QED) is 0.683. The minimum absolute atomic E-state index is 0.474. The van der Waals surface area contributed by atoms with Gasteiger partial charge in [-0.25, -0.2) is 4.79 Å². The molecule has 2 unspecified atom stereocenters. The number of anilines is 1. The van der Waals surface area contributed by atoms with Crippen molar-refractivity contribution in [1.82, 2.24) is 5.32 Å². The SMILES string of the molecule is Cc1c(N)cccc1S(=O)C(C)C(=O)NC(N)=O. The predicted octanol–water partition coefficient (Wildman–Crippen LogP) is 0.268. The van der Waals surface area contributed by atoms with E-state index in [4.69, 9.17) is 11.5 Å². The topological polar surface area (TPSA) is 115 Å². The lowest BCUT2D eigenvalue weighted by Crippen LogP contribution is -2.42. The molecule has 3 amide bonds. The molecule has 0 aliphatic carbocycles. The zero-order chi connectivity index (χ0) is 13.9. The van der Waals surface area contributed by atoms with E-state index in [1.165, 1.54) is 6.92 Å². The van der Waals surface area contributed by atoms with Crippen LogP contribution in [-0.2, 0) is 15.6 Å². The highest BCUT2D eigenvalue weighted by Crippen LogP contribution is 2.21. The van der Waals surface area contributed by atoms with E-state index in [2.05, 4.69) is 0 Å². The van der Waals surface area contributed by atoms with Gasteiger partial charge in [0.05, 0.1) is 10.8 Å². The Bertz CT molecular complexity index is 516. The van der Waals surface area contributed by atoms with E-state index in [1.807, 2.05) is 5.32 Å². The smallest absolute Gasteiger partial charge is 0.318 e. The highest BCUT2D eigenvalue weighted by Gasteiger charge is 2.23. The van der Waals surface area contributed by atoms with Crippen molar-refractivity contribution in [3.63, 3.8) is 0 Å². The fourth-order valence-corrected chi connectivity index (χ4v) is 2.63. The lowest BCUT2D eigenvalue weighted by molar-refractivity contribution is -0.119. The maximum atomic E-state index is 12.2. The molecule has 0 heterocycles. The van der Waals surface area contributed by atoms with E-state index in [9.17, 15) is 13.8 Å². The number of amides is 3. The molecule has 1 rings (SSSR count). The molecule has 7 heteroatoms. The zero-order valence-electron chi connectivity index (χ0n) is 10.1. The molecule has 6 nitrogen and oxygen atoms in total. The van der Waals surface area contributed by atoms with Gasteiger partial charge in [0.2, 0.25) is 5.91 Å². The Morgan fingerprint density at radius 3 is 2.56 bits per heavy atom. The monoisotopic (exact) mass is 269 g/mol. The summed E-state index contributed by atoms with van der Waals surface area (Å²) >= 11 is 0. The minimum Gasteiger partial charge on any atom is -0.398 e. The van der Waals surface area contributed by atoms with Gasteiger partial charge in [0, 0.05) is 10.6 Å². The van der Waals surface area contributed by atoms with E-state index >= 15 is 0 Å². The van der Waals surface area contributed by atoms with E-state index in [-0.39, 0.29) is 0 Å². The second-order valence-electron chi connectivity index (χ2n) is 3.76. The maximum Gasteiger partial charge on any atom is 0.318 e. The molecule has 18 heavy (non-hydrogen) atoms. The third kappa shape index (κ3) is 3.07. The summed E-state index contributed by atoms with van der Waals surface area (Å²) in [5.41, 5.74) is 11.7. The van der Waals surface area contributed by atoms with Crippen LogP contribution in [-0.4, -0.2) is 21.4 Å². The minimum atomic E-state index is -1.60. The number of nitrogens with one attached hydrogen (secondary N) is 1. The van der Waals surface area contributed by atoms with Gasteiger partial charge in [-0.15, -0.1) is 0 Å². The van der Waals surface area contributed by atoms with Gasteiger partial charge < -0.3 is 11.5 Å². The number of hydrogen-bond donors (Lipinski definition) is 3. The highest BCUT2D eigenvalue weighted by atomic mass is 32.2. The molecule has 1 aromatic rings. The Balaban J connectivity index is 2.97. The zero-order valence-corrected chi connectivity index (χ0v) is 10.9. The number of nitrogens with two attached hydrogens (primary N) is 2. The van der Waals surface area contributed by atoms with Gasteiger partial charge in [0.25, 0.3) is 0 Å². The van der Waals surface area contributed by atoms with Crippen LogP contribution in [0.15, 0.2) is 23.1 Å². The first-order chi connectivity index (χ1) is 8.34. The number of imide groups is 1. The van der Waals surface area contributed by atoms with Crippen LogP contribution in [0.2, 0.25) is 0 Å². The number of hydrogen-bond acceptors (Lipinski definition) is 4. The van der Waals surface area contributed by atoms with Crippen molar-refractivity contribution in [3.8, 4) is 0 Å². The number of carbonyl (C=O) groups excluding carboxylic acids is 2. The second kappa shape index (κ2) is 5.63. The molecule has 0 fully saturated rings. The second-order valence-corrected chi connectivity index (χ2v) is 5.51. The Labute approximate surface area is 107 Å². The summed E-state index contributed by atoms with van der Waals surface area (Å²) in [4.78, 5) is 22.6. The van der Waals surface area contributed by atoms with Crippen LogP contribution < -0.4 is 16.8 Å². The molecule has 98 valence electrons. The molecule has 0 spiro atoms. The van der Waals surface area contributed by atoms with Gasteiger partial charge in [0.15, 0.2) is 0 Å². The number of benzene rings is 1. The maximum absolute atomic E-state index is 12.2. The third-order valence-electron chi connectivity index (χ3n) is 2.48. The summed E-state index contributed by atoms with van der Waals surface area (Å²) < 4.78 is 12.2. The average molecular weight is 269 g/mol. The lowest BCUT2D eigenvalue weighted by atomic mass is 10.2. The Hall–Kier alpha value is -1.89. The van der Waals surface area contributed by atoms with Crippen LogP contribution in [0.3, 0.4) is 0 Å². The van der Waals surface area contributed by atoms with Crippen molar-refractivity contribution in [2.24, 2.45) is 5.73 Å². The highest BCUT2D eigenvalue weighted by molar-refractivity contribution is 7.86. The van der Waals surface area contributed by atoms with Crippen LogP contribution in [0.1, 0.15) is 12.5 Å². The summed E-state index contributed by atoms with van der Waals surface area (Å²) in [5.74, 6) is -0.678. The standard InChI is InChI=1S/C11H15N3O3S/c1-6-8(12)4-3-5-9(6)18(17)7(2)10(15)14-11(13)16/h3-5,7H,12H2,1-2H3,(H3,13,14,15,16). The van der Waals surface area contributed by atoms with Crippen molar-refractivity contribution in [2.75, 3.05) is 5.73 Å². The van der Waals surface area contributed by atoms with Gasteiger partial charge in [0.1, 0.15) is 5.25 Å². The van der Waals surface area contributed by atoms with Gasteiger partial charge >= 0.3 is 6.03 Å². The summed E-state index contributed by atoms with van der Waals surface area (Å²) in [6.07, 6.45) is 0. The van der Waals surface area contributed by atoms with Crippen LogP contribution >= 0.6 is 0 Å². The number of carbonyl (C=O) groups is 2. The van der Waals surface area contributed by atoms with Crippen LogP contribution in [0.4, 0.5) is 10.5 Å². The van der Waals surface area contributed by atoms with Crippen molar-refractivity contribution in [1.29, 1.82) is 0 Å². The Morgan fingerprint density at radius 1 is 1.39 bits per heavy atom. The van der Waals surface area contributed by atoms with E-state index in [1.54, 1.807) is 25.1 Å². The van der Waals surface area contributed by atoms with Crippen molar-refractivity contribution < 1.29 is 13.8 Å². The number of primary amides is 1. The summed E-state index contributed by atoms with van der Waals surface area (Å²) in [6.45, 7) is 3.18. The first-order valence-electron chi connectivity index (χ1n) is 5.20. The summed E-state index contributed by atoms with van der Waals surface area (Å²) in [6, 6.07) is 4.02. The first-order valence-corrected chi connectivity index (χ1v) is 6.42. The molecule has 2 atom stereocenters. The van der Waals surface area contributed by atoms with E-state index in [0.29, 0.717) is 16.1 Å². The fraction of sp³-hybridized carbons (Fsp3) is 0.273. The molecule has 5 N–H and O–H groups in total. The van der Waals surface area contributed by atoms with Crippen LogP contribution in [0.5, 0.6) is 0 Å². The molecule has 0 saturated heterocycles. The summed E-state index contributed by atoms with van der Waals surface area (Å²) in [5, 5.41) is 1.01. The van der Waals surface area contributed by atoms with Gasteiger partial charge in [-0.3, -0.25) is 14.3 Å². The average Bonchev–Trinajstić information content (AvgIpc) is 2.30. The van der Waals surface area contributed by atoms with Gasteiger partial charge in [-0.1, -0.05) is 6.07 Å². The number of rotatable bonds is 3. The number of nitrogen functional groups attached to an aromatic ring is 1. The van der Waals surface area contributed by atoms with Crippen molar-refractivity contribution in [2.45, 2.75) is 24.0 Å². The normalized spacial score (nSPS) is 13.7. The van der Waals surface area contributed by atoms with E-state index < -0.39 is 28.0 Å². The van der Waals surface area contributed by atoms with Crippen LogP contribution in [0.25, 0.3) is 0 Å². The third-order valence-corrected chi connectivity index (χ3v) is 4.21. The van der Waals surface area contributed by atoms with Gasteiger partial charge in [-0.05, 0) is 31.5 Å². The predicted molar refractivity (Wildman–Crippen MR) is 69.2 cm³/mol. The Morgan fingerprint density at radius 2 is 2.00 bits per heavy atom. The molecule has 0 bridgehead atoms. The molecule has 0 aromatic heterocycles. The molecule has 0 aliphatic heterocycles. The molecule has 1 aromatic carbocycles. The number of urea groups is 1. The van der Waals surface area contributed by atoms with Crippen LogP contribution in [0, 0.1) is 6.92 Å². The van der Waals surface area contributed by atoms with E-state index in [0.717, 1.165) is 0 Å². The summed E-state index contributed by atoms with van der Waals surface area (Å²) in [7, 11) is -1.60.